The van der Waals surface area contributed by atoms with Gasteiger partial charge in [0.05, 0.1) is 0 Å². The summed E-state index contributed by atoms with van der Waals surface area (Å²) in [4.78, 5) is 11.3. The molecule has 0 aromatic carbocycles. The molecule has 0 unspecified atom stereocenters. The molecule has 1 rings (SSSR count). The second-order valence-electron chi connectivity index (χ2n) is 4.14. The number of aryl methyl sites for hydroxylation is 1. The van der Waals surface area contributed by atoms with Crippen LogP contribution in [-0.2, 0) is 6.54 Å². The Kier molecular flexibility index (Phi) is 5.91. The van der Waals surface area contributed by atoms with Gasteiger partial charge >= 0.3 is 0 Å². The molecule has 0 fully saturated rings. The van der Waals surface area contributed by atoms with Gasteiger partial charge in [-0.05, 0) is 26.8 Å². The van der Waals surface area contributed by atoms with Crippen molar-refractivity contribution in [3.63, 3.8) is 0 Å². The van der Waals surface area contributed by atoms with E-state index in [4.69, 9.17) is 0 Å². The Bertz CT molecular complexity index is 338. The fraction of sp³-hybridized carbons (Fsp3) is 0.692. The van der Waals surface area contributed by atoms with Gasteiger partial charge in [0.15, 0.2) is 0 Å². The van der Waals surface area contributed by atoms with E-state index >= 15 is 0 Å². The highest BCUT2D eigenvalue weighted by molar-refractivity contribution is 5.32. The van der Waals surface area contributed by atoms with Crippen molar-refractivity contribution < 1.29 is 0 Å². The Morgan fingerprint density at radius 1 is 1.29 bits per heavy atom. The van der Waals surface area contributed by atoms with E-state index in [1.54, 1.807) is 0 Å². The predicted molar refractivity (Wildman–Crippen MR) is 72.3 cm³/mol. The van der Waals surface area contributed by atoms with Gasteiger partial charge in [-0.3, -0.25) is 0 Å². The van der Waals surface area contributed by atoms with Crippen LogP contribution in [0.4, 0.5) is 5.95 Å². The zero-order chi connectivity index (χ0) is 12.7. The summed E-state index contributed by atoms with van der Waals surface area (Å²) in [6, 6.07) is 0. The van der Waals surface area contributed by atoms with Crippen molar-refractivity contribution in [3.05, 3.63) is 17.5 Å². The van der Waals surface area contributed by atoms with Gasteiger partial charge in [0.1, 0.15) is 0 Å². The van der Waals surface area contributed by atoms with E-state index in [0.29, 0.717) is 0 Å². The van der Waals surface area contributed by atoms with Gasteiger partial charge in [0, 0.05) is 37.1 Å². The molecule has 0 bridgehead atoms. The molecule has 1 aromatic heterocycles. The maximum atomic E-state index is 4.59. The topological polar surface area (TPSA) is 41.1 Å². The van der Waals surface area contributed by atoms with E-state index in [2.05, 4.69) is 47.9 Å². The van der Waals surface area contributed by atoms with Gasteiger partial charge in [-0.2, -0.15) is 0 Å². The monoisotopic (exact) mass is 236 g/mol. The maximum Gasteiger partial charge on any atom is 0.225 e. The first kappa shape index (κ1) is 13.9. The number of rotatable bonds is 7. The van der Waals surface area contributed by atoms with E-state index in [1.165, 1.54) is 5.56 Å². The third-order valence-electron chi connectivity index (χ3n) is 2.79. The fourth-order valence-electron chi connectivity index (χ4n) is 1.73. The third kappa shape index (κ3) is 3.97. The van der Waals surface area contributed by atoms with Crippen molar-refractivity contribution in [2.24, 2.45) is 0 Å². The molecule has 0 aliphatic carbocycles. The van der Waals surface area contributed by atoms with E-state index in [1.807, 2.05) is 6.20 Å². The highest BCUT2D eigenvalue weighted by Gasteiger charge is 2.08. The minimum absolute atomic E-state index is 0.850. The smallest absolute Gasteiger partial charge is 0.225 e. The van der Waals surface area contributed by atoms with Crippen molar-refractivity contribution in [1.29, 1.82) is 0 Å². The molecular weight excluding hydrogens is 212 g/mol. The van der Waals surface area contributed by atoms with Crippen LogP contribution in [0.25, 0.3) is 0 Å². The summed E-state index contributed by atoms with van der Waals surface area (Å²) in [6.45, 7) is 12.3. The lowest BCUT2D eigenvalue weighted by atomic mass is 10.2. The van der Waals surface area contributed by atoms with E-state index in [-0.39, 0.29) is 0 Å². The molecule has 4 nitrogen and oxygen atoms in total. The molecule has 1 aromatic rings. The summed E-state index contributed by atoms with van der Waals surface area (Å²) in [6.07, 6.45) is 3.06. The van der Waals surface area contributed by atoms with Gasteiger partial charge < -0.3 is 10.2 Å². The number of nitrogens with zero attached hydrogens (tertiary/aromatic N) is 3. The standard InChI is InChI=1S/C13H24N4/c1-5-8-17(7-3)13-15-10-12(9-14-6-2)11(4)16-13/h10,14H,5-9H2,1-4H3. The zero-order valence-electron chi connectivity index (χ0n) is 11.5. The normalized spacial score (nSPS) is 10.6. The van der Waals surface area contributed by atoms with Crippen molar-refractivity contribution >= 4 is 5.95 Å². The van der Waals surface area contributed by atoms with Gasteiger partial charge in [-0.25, -0.2) is 9.97 Å². The lowest BCUT2D eigenvalue weighted by molar-refractivity contribution is 0.709. The average molecular weight is 236 g/mol. The number of aromatic nitrogens is 2. The molecule has 0 aliphatic heterocycles. The zero-order valence-corrected chi connectivity index (χ0v) is 11.5. The van der Waals surface area contributed by atoms with Crippen LogP contribution < -0.4 is 10.2 Å². The van der Waals surface area contributed by atoms with Crippen LogP contribution in [0.15, 0.2) is 6.20 Å². The highest BCUT2D eigenvalue weighted by Crippen LogP contribution is 2.11. The van der Waals surface area contributed by atoms with Gasteiger partial charge in [-0.1, -0.05) is 13.8 Å². The van der Waals surface area contributed by atoms with Gasteiger partial charge in [0.2, 0.25) is 5.95 Å². The number of hydrogen-bond donors (Lipinski definition) is 1. The van der Waals surface area contributed by atoms with Crippen LogP contribution in [0.3, 0.4) is 0 Å². The number of nitrogens with one attached hydrogen (secondary N) is 1. The molecule has 0 amide bonds. The lowest BCUT2D eigenvalue weighted by Crippen LogP contribution is -2.26. The van der Waals surface area contributed by atoms with Crippen LogP contribution in [0.2, 0.25) is 0 Å². The average Bonchev–Trinajstić information content (AvgIpc) is 2.34. The second kappa shape index (κ2) is 7.22. The fourth-order valence-corrected chi connectivity index (χ4v) is 1.73. The van der Waals surface area contributed by atoms with Gasteiger partial charge in [0.25, 0.3) is 0 Å². The summed E-state index contributed by atoms with van der Waals surface area (Å²) in [7, 11) is 0. The number of anilines is 1. The molecule has 0 atom stereocenters. The van der Waals surface area contributed by atoms with Crippen LogP contribution in [0.5, 0.6) is 0 Å². The first-order valence-electron chi connectivity index (χ1n) is 6.51. The number of hydrogen-bond acceptors (Lipinski definition) is 4. The third-order valence-corrected chi connectivity index (χ3v) is 2.79. The largest absolute Gasteiger partial charge is 0.341 e. The molecular formula is C13H24N4. The SMILES string of the molecule is CCCN(CC)c1ncc(CNCC)c(C)n1. The maximum absolute atomic E-state index is 4.59. The summed E-state index contributed by atoms with van der Waals surface area (Å²) in [5.41, 5.74) is 2.26. The molecule has 1 heterocycles. The Hall–Kier alpha value is -1.16. The summed E-state index contributed by atoms with van der Waals surface area (Å²) in [5.74, 6) is 0.854. The minimum atomic E-state index is 0.850. The van der Waals surface area contributed by atoms with E-state index in [0.717, 1.165) is 44.2 Å². The first-order chi connectivity index (χ1) is 8.22. The van der Waals surface area contributed by atoms with Crippen molar-refractivity contribution in [2.45, 2.75) is 40.7 Å². The first-order valence-corrected chi connectivity index (χ1v) is 6.51. The second-order valence-corrected chi connectivity index (χ2v) is 4.14. The predicted octanol–water partition coefficient (Wildman–Crippen LogP) is 2.13. The quantitative estimate of drug-likeness (QED) is 0.787. The summed E-state index contributed by atoms with van der Waals surface area (Å²) < 4.78 is 0. The van der Waals surface area contributed by atoms with Crippen LogP contribution in [0.1, 0.15) is 38.4 Å². The molecule has 0 radical (unpaired) electrons. The Labute approximate surface area is 104 Å². The summed E-state index contributed by atoms with van der Waals surface area (Å²) in [5, 5.41) is 3.30. The van der Waals surface area contributed by atoms with Crippen molar-refractivity contribution in [1.82, 2.24) is 15.3 Å². The van der Waals surface area contributed by atoms with Crippen LogP contribution in [-0.4, -0.2) is 29.6 Å². The lowest BCUT2D eigenvalue weighted by Gasteiger charge is -2.20. The molecule has 17 heavy (non-hydrogen) atoms. The molecule has 0 saturated carbocycles. The van der Waals surface area contributed by atoms with E-state index in [9.17, 15) is 0 Å². The highest BCUT2D eigenvalue weighted by atomic mass is 15.2. The molecule has 0 saturated heterocycles. The van der Waals surface area contributed by atoms with Crippen molar-refractivity contribution in [2.75, 3.05) is 24.5 Å². The molecule has 0 spiro atoms. The Balaban J connectivity index is 2.79. The van der Waals surface area contributed by atoms with Crippen LogP contribution >= 0.6 is 0 Å². The molecule has 4 heteroatoms. The molecule has 96 valence electrons. The summed E-state index contributed by atoms with van der Waals surface area (Å²) >= 11 is 0. The Morgan fingerprint density at radius 2 is 2.06 bits per heavy atom. The molecule has 0 aliphatic rings. The van der Waals surface area contributed by atoms with Crippen LogP contribution in [0, 0.1) is 6.92 Å². The van der Waals surface area contributed by atoms with E-state index < -0.39 is 0 Å². The van der Waals surface area contributed by atoms with Gasteiger partial charge in [-0.15, -0.1) is 0 Å². The Morgan fingerprint density at radius 3 is 2.59 bits per heavy atom. The van der Waals surface area contributed by atoms with Crippen molar-refractivity contribution in [3.8, 4) is 0 Å². The minimum Gasteiger partial charge on any atom is -0.341 e. The molecule has 1 N–H and O–H groups in total.